The first-order valence-electron chi connectivity index (χ1n) is 9.14. The Bertz CT molecular complexity index is 634. The monoisotopic (exact) mass is 345 g/mol. The van der Waals surface area contributed by atoms with Crippen LogP contribution in [0.2, 0.25) is 0 Å². The maximum atomic E-state index is 12.8. The summed E-state index contributed by atoms with van der Waals surface area (Å²) < 4.78 is 5.36. The van der Waals surface area contributed by atoms with Gasteiger partial charge in [0.25, 0.3) is 0 Å². The average Bonchev–Trinajstić information content (AvgIpc) is 3.01. The minimum atomic E-state index is -0.122. The zero-order valence-corrected chi connectivity index (χ0v) is 15.1. The molecular weight excluding hydrogens is 318 g/mol. The van der Waals surface area contributed by atoms with Crippen molar-refractivity contribution in [3.8, 4) is 5.75 Å². The molecule has 0 spiro atoms. The molecule has 3 amide bonds. The number of amides is 3. The Balaban J connectivity index is 1.67. The summed E-state index contributed by atoms with van der Waals surface area (Å²) in [6.07, 6.45) is 4.30. The lowest BCUT2D eigenvalue weighted by Crippen LogP contribution is -2.48. The standard InChI is InChI=1S/C19H27N3O3/c1-3-15-8-6-7-11-21(15)18(23)14-20-12-13-22(19(20)24)16-9-4-5-10-17(16)25-2/h4-5,9-10,15H,3,6-8,11-14H2,1-2H3. The van der Waals surface area contributed by atoms with E-state index < -0.39 is 0 Å². The van der Waals surface area contributed by atoms with E-state index in [1.165, 1.54) is 6.42 Å². The number of ether oxygens (including phenoxy) is 1. The van der Waals surface area contributed by atoms with Gasteiger partial charge in [0, 0.05) is 25.7 Å². The van der Waals surface area contributed by atoms with Gasteiger partial charge in [0.15, 0.2) is 0 Å². The first-order chi connectivity index (χ1) is 12.2. The first kappa shape index (κ1) is 17.6. The quantitative estimate of drug-likeness (QED) is 0.824. The molecule has 0 N–H and O–H groups in total. The van der Waals surface area contributed by atoms with Crippen LogP contribution in [0.15, 0.2) is 24.3 Å². The van der Waals surface area contributed by atoms with Gasteiger partial charge in [-0.1, -0.05) is 19.1 Å². The van der Waals surface area contributed by atoms with Gasteiger partial charge in [0.05, 0.1) is 12.8 Å². The highest BCUT2D eigenvalue weighted by atomic mass is 16.5. The molecule has 2 heterocycles. The number of hydrogen-bond acceptors (Lipinski definition) is 3. The Morgan fingerprint density at radius 3 is 2.76 bits per heavy atom. The Labute approximate surface area is 149 Å². The van der Waals surface area contributed by atoms with Crippen molar-refractivity contribution in [2.24, 2.45) is 0 Å². The SMILES string of the molecule is CCC1CCCCN1C(=O)CN1CCN(c2ccccc2OC)C1=O. The number of piperidine rings is 1. The fourth-order valence-electron chi connectivity index (χ4n) is 3.81. The number of hydrogen-bond donors (Lipinski definition) is 0. The first-order valence-corrected chi connectivity index (χ1v) is 9.14. The molecule has 0 bridgehead atoms. The van der Waals surface area contributed by atoms with E-state index in [-0.39, 0.29) is 18.5 Å². The molecule has 1 aromatic carbocycles. The summed E-state index contributed by atoms with van der Waals surface area (Å²) in [5.41, 5.74) is 0.759. The number of carbonyl (C=O) groups excluding carboxylic acids is 2. The summed E-state index contributed by atoms with van der Waals surface area (Å²) in [4.78, 5) is 30.8. The van der Waals surface area contributed by atoms with Crippen molar-refractivity contribution in [2.75, 3.05) is 38.2 Å². The van der Waals surface area contributed by atoms with Crippen molar-refractivity contribution in [2.45, 2.75) is 38.6 Å². The van der Waals surface area contributed by atoms with E-state index in [4.69, 9.17) is 4.74 Å². The summed E-state index contributed by atoms with van der Waals surface area (Å²) in [6.45, 7) is 4.24. The third-order valence-electron chi connectivity index (χ3n) is 5.22. The minimum Gasteiger partial charge on any atom is -0.495 e. The Kier molecular flexibility index (Phi) is 5.46. The zero-order chi connectivity index (χ0) is 17.8. The Morgan fingerprint density at radius 2 is 2.00 bits per heavy atom. The number of methoxy groups -OCH3 is 1. The lowest BCUT2D eigenvalue weighted by Gasteiger charge is -2.36. The van der Waals surface area contributed by atoms with Gasteiger partial charge < -0.3 is 14.5 Å². The molecule has 6 heteroatoms. The molecule has 6 nitrogen and oxygen atoms in total. The van der Waals surface area contributed by atoms with Crippen LogP contribution in [0, 0.1) is 0 Å². The van der Waals surface area contributed by atoms with Crippen LogP contribution in [-0.4, -0.2) is 61.1 Å². The van der Waals surface area contributed by atoms with Gasteiger partial charge in [-0.2, -0.15) is 0 Å². The van der Waals surface area contributed by atoms with Crippen LogP contribution in [-0.2, 0) is 4.79 Å². The van der Waals surface area contributed by atoms with E-state index in [2.05, 4.69) is 6.92 Å². The molecule has 25 heavy (non-hydrogen) atoms. The summed E-state index contributed by atoms with van der Waals surface area (Å²) in [6, 6.07) is 7.69. The predicted molar refractivity (Wildman–Crippen MR) is 97.0 cm³/mol. The molecule has 1 atom stereocenters. The second-order valence-electron chi connectivity index (χ2n) is 6.67. The highest BCUT2D eigenvalue weighted by Gasteiger charge is 2.34. The lowest BCUT2D eigenvalue weighted by molar-refractivity contribution is -0.135. The fraction of sp³-hybridized carbons (Fsp3) is 0.579. The molecule has 2 saturated heterocycles. The molecule has 2 aliphatic rings. The van der Waals surface area contributed by atoms with Crippen molar-refractivity contribution in [3.05, 3.63) is 24.3 Å². The van der Waals surface area contributed by atoms with E-state index in [1.54, 1.807) is 16.9 Å². The van der Waals surface area contributed by atoms with Crippen molar-refractivity contribution >= 4 is 17.6 Å². The normalized spacial score (nSPS) is 21.0. The zero-order valence-electron chi connectivity index (χ0n) is 15.1. The van der Waals surface area contributed by atoms with Crippen LogP contribution >= 0.6 is 0 Å². The van der Waals surface area contributed by atoms with Crippen molar-refractivity contribution in [1.82, 2.24) is 9.80 Å². The van der Waals surface area contributed by atoms with Gasteiger partial charge in [-0.3, -0.25) is 9.69 Å². The summed E-state index contributed by atoms with van der Waals surface area (Å²) in [5, 5.41) is 0. The van der Waals surface area contributed by atoms with Crippen LogP contribution in [0.5, 0.6) is 5.75 Å². The van der Waals surface area contributed by atoms with E-state index in [9.17, 15) is 9.59 Å². The maximum Gasteiger partial charge on any atom is 0.325 e. The van der Waals surface area contributed by atoms with Gasteiger partial charge >= 0.3 is 6.03 Å². The van der Waals surface area contributed by atoms with E-state index in [1.807, 2.05) is 29.2 Å². The molecule has 136 valence electrons. The summed E-state index contributed by atoms with van der Waals surface area (Å²) >= 11 is 0. The number of nitrogens with zero attached hydrogens (tertiary/aromatic N) is 3. The average molecular weight is 345 g/mol. The lowest BCUT2D eigenvalue weighted by atomic mass is 10.00. The largest absolute Gasteiger partial charge is 0.495 e. The van der Waals surface area contributed by atoms with Crippen LogP contribution in [0.25, 0.3) is 0 Å². The van der Waals surface area contributed by atoms with Crippen LogP contribution in [0.1, 0.15) is 32.6 Å². The molecule has 3 rings (SSSR count). The number of rotatable bonds is 5. The van der Waals surface area contributed by atoms with Crippen molar-refractivity contribution in [1.29, 1.82) is 0 Å². The molecule has 1 aromatic rings. The Morgan fingerprint density at radius 1 is 1.20 bits per heavy atom. The minimum absolute atomic E-state index is 0.0711. The Hall–Kier alpha value is -2.24. The molecule has 0 aromatic heterocycles. The number of urea groups is 1. The molecule has 0 aliphatic carbocycles. The predicted octanol–water partition coefficient (Wildman–Crippen LogP) is 2.73. The van der Waals surface area contributed by atoms with Gasteiger partial charge in [-0.05, 0) is 37.8 Å². The third-order valence-corrected chi connectivity index (χ3v) is 5.22. The molecule has 0 saturated carbocycles. The maximum absolute atomic E-state index is 12.8. The van der Waals surface area contributed by atoms with Crippen molar-refractivity contribution < 1.29 is 14.3 Å². The summed E-state index contributed by atoms with van der Waals surface area (Å²) in [7, 11) is 1.60. The summed E-state index contributed by atoms with van der Waals surface area (Å²) in [5.74, 6) is 0.743. The van der Waals surface area contributed by atoms with E-state index >= 15 is 0 Å². The fourth-order valence-corrected chi connectivity index (χ4v) is 3.81. The van der Waals surface area contributed by atoms with Crippen LogP contribution in [0.3, 0.4) is 0 Å². The van der Waals surface area contributed by atoms with Gasteiger partial charge in [-0.25, -0.2) is 4.79 Å². The number of anilines is 1. The molecule has 1 unspecified atom stereocenters. The smallest absolute Gasteiger partial charge is 0.325 e. The molecule has 2 fully saturated rings. The number of likely N-dealkylation sites (tertiary alicyclic amines) is 1. The molecule has 2 aliphatic heterocycles. The highest BCUT2D eigenvalue weighted by Crippen LogP contribution is 2.30. The van der Waals surface area contributed by atoms with Crippen LogP contribution < -0.4 is 9.64 Å². The van der Waals surface area contributed by atoms with E-state index in [0.717, 1.165) is 31.5 Å². The van der Waals surface area contributed by atoms with Crippen LogP contribution in [0.4, 0.5) is 10.5 Å². The highest BCUT2D eigenvalue weighted by molar-refractivity contribution is 5.97. The second kappa shape index (κ2) is 7.76. The third kappa shape index (κ3) is 3.57. The topological polar surface area (TPSA) is 53.1 Å². The van der Waals surface area contributed by atoms with Crippen molar-refractivity contribution in [3.63, 3.8) is 0 Å². The van der Waals surface area contributed by atoms with Gasteiger partial charge in [0.2, 0.25) is 5.91 Å². The molecular formula is C19H27N3O3. The second-order valence-corrected chi connectivity index (χ2v) is 6.67. The number of carbonyl (C=O) groups is 2. The molecule has 0 radical (unpaired) electrons. The number of benzene rings is 1. The van der Waals surface area contributed by atoms with E-state index in [0.29, 0.717) is 24.9 Å². The number of para-hydroxylation sites is 2. The van der Waals surface area contributed by atoms with Gasteiger partial charge in [0.1, 0.15) is 12.3 Å². The van der Waals surface area contributed by atoms with Gasteiger partial charge in [-0.15, -0.1) is 0 Å².